The smallest absolute Gasteiger partial charge is 0.264 e. The molecule has 0 aliphatic carbocycles. The van der Waals surface area contributed by atoms with Gasteiger partial charge in [-0.25, -0.2) is 13.8 Å². The molecule has 0 fully saturated rings. The van der Waals surface area contributed by atoms with Crippen molar-refractivity contribution in [3.8, 4) is 17.2 Å². The van der Waals surface area contributed by atoms with Crippen LogP contribution in [0.3, 0.4) is 0 Å². The van der Waals surface area contributed by atoms with Gasteiger partial charge in [0.15, 0.2) is 11.5 Å². The van der Waals surface area contributed by atoms with Gasteiger partial charge in [-0.1, -0.05) is 23.7 Å². The van der Waals surface area contributed by atoms with Gasteiger partial charge in [0.05, 0.1) is 31.0 Å². The summed E-state index contributed by atoms with van der Waals surface area (Å²) in [6, 6.07) is 16.5. The SMILES string of the molecule is COc1ccc(S(=O)(=O)N(CC(=O)NN=Cc2ccccc2O)c2ccc(Cl)cc2)cc1OC. The minimum absolute atomic E-state index is 0.0145. The zero-order valence-corrected chi connectivity index (χ0v) is 19.9. The fourth-order valence-electron chi connectivity index (χ4n) is 2.96. The Morgan fingerprint density at radius 3 is 2.38 bits per heavy atom. The first kappa shape index (κ1) is 24.9. The molecule has 1 amide bonds. The van der Waals surface area contributed by atoms with E-state index in [0.717, 1.165) is 4.31 Å². The van der Waals surface area contributed by atoms with Gasteiger partial charge in [-0.3, -0.25) is 9.10 Å². The minimum Gasteiger partial charge on any atom is -0.507 e. The van der Waals surface area contributed by atoms with Crippen LogP contribution in [0.5, 0.6) is 17.2 Å². The quantitative estimate of drug-likeness (QED) is 0.341. The average molecular weight is 504 g/mol. The molecule has 0 aromatic heterocycles. The lowest BCUT2D eigenvalue weighted by Gasteiger charge is -2.24. The van der Waals surface area contributed by atoms with Crippen molar-refractivity contribution in [2.24, 2.45) is 5.10 Å². The number of halogens is 1. The number of carbonyl (C=O) groups is 1. The predicted octanol–water partition coefficient (Wildman–Crippen LogP) is 3.41. The summed E-state index contributed by atoms with van der Waals surface area (Å²) in [4.78, 5) is 12.5. The lowest BCUT2D eigenvalue weighted by Crippen LogP contribution is -2.39. The highest BCUT2D eigenvalue weighted by Gasteiger charge is 2.28. The summed E-state index contributed by atoms with van der Waals surface area (Å²) in [5.41, 5.74) is 2.88. The molecule has 0 aliphatic rings. The number of hydrazone groups is 1. The summed E-state index contributed by atoms with van der Waals surface area (Å²) < 4.78 is 38.3. The molecule has 3 aromatic rings. The molecule has 0 saturated carbocycles. The topological polar surface area (TPSA) is 118 Å². The molecular formula is C23H22ClN3O6S. The van der Waals surface area contributed by atoms with Crippen LogP contribution in [0.1, 0.15) is 5.56 Å². The molecular weight excluding hydrogens is 482 g/mol. The van der Waals surface area contributed by atoms with Crippen LogP contribution in [-0.2, 0) is 14.8 Å². The van der Waals surface area contributed by atoms with Crippen LogP contribution >= 0.6 is 11.6 Å². The number of para-hydroxylation sites is 1. The van der Waals surface area contributed by atoms with E-state index in [4.69, 9.17) is 21.1 Å². The van der Waals surface area contributed by atoms with E-state index in [0.29, 0.717) is 16.3 Å². The summed E-state index contributed by atoms with van der Waals surface area (Å²) in [5, 5.41) is 14.0. The minimum atomic E-state index is -4.20. The van der Waals surface area contributed by atoms with E-state index in [-0.39, 0.29) is 22.1 Å². The van der Waals surface area contributed by atoms with Gasteiger partial charge in [0.2, 0.25) is 0 Å². The Balaban J connectivity index is 1.90. The first-order valence-electron chi connectivity index (χ1n) is 9.86. The van der Waals surface area contributed by atoms with Gasteiger partial charge >= 0.3 is 0 Å². The van der Waals surface area contributed by atoms with Crippen LogP contribution in [-0.4, -0.2) is 46.4 Å². The first-order chi connectivity index (χ1) is 16.3. The van der Waals surface area contributed by atoms with Gasteiger partial charge in [0.1, 0.15) is 12.3 Å². The second-order valence-corrected chi connectivity index (χ2v) is 9.16. The molecule has 0 radical (unpaired) electrons. The predicted molar refractivity (Wildman–Crippen MR) is 129 cm³/mol. The number of benzene rings is 3. The van der Waals surface area contributed by atoms with Crippen LogP contribution in [0.25, 0.3) is 0 Å². The maximum atomic E-state index is 13.5. The maximum Gasteiger partial charge on any atom is 0.264 e. The number of phenolic OH excluding ortho intramolecular Hbond substituents is 1. The van der Waals surface area contributed by atoms with Gasteiger partial charge in [0, 0.05) is 16.7 Å². The molecule has 3 rings (SSSR count). The van der Waals surface area contributed by atoms with Crippen molar-refractivity contribution in [3.63, 3.8) is 0 Å². The molecule has 3 aromatic carbocycles. The Labute approximate surface area is 202 Å². The van der Waals surface area contributed by atoms with E-state index in [2.05, 4.69) is 10.5 Å². The molecule has 34 heavy (non-hydrogen) atoms. The Hall–Kier alpha value is -3.76. The third kappa shape index (κ3) is 5.77. The maximum absolute atomic E-state index is 13.5. The number of nitrogens with zero attached hydrogens (tertiary/aromatic N) is 2. The van der Waals surface area contributed by atoms with Gasteiger partial charge in [-0.2, -0.15) is 5.10 Å². The number of aromatic hydroxyl groups is 1. The van der Waals surface area contributed by atoms with Crippen LogP contribution in [0.4, 0.5) is 5.69 Å². The van der Waals surface area contributed by atoms with Crippen molar-refractivity contribution in [2.75, 3.05) is 25.1 Å². The fraction of sp³-hybridized carbons (Fsp3) is 0.130. The molecule has 0 unspecified atom stereocenters. The van der Waals surface area contributed by atoms with E-state index in [1.807, 2.05) is 0 Å². The van der Waals surface area contributed by atoms with Gasteiger partial charge in [0.25, 0.3) is 15.9 Å². The van der Waals surface area contributed by atoms with Crippen molar-refractivity contribution in [1.29, 1.82) is 0 Å². The van der Waals surface area contributed by atoms with Crippen molar-refractivity contribution in [3.05, 3.63) is 77.3 Å². The number of nitrogens with one attached hydrogen (secondary N) is 1. The summed E-state index contributed by atoms with van der Waals surface area (Å²) in [7, 11) is -1.37. The summed E-state index contributed by atoms with van der Waals surface area (Å²) in [5.74, 6) is -0.142. The average Bonchev–Trinajstić information content (AvgIpc) is 2.83. The van der Waals surface area contributed by atoms with E-state index < -0.39 is 22.5 Å². The normalized spacial score (nSPS) is 11.3. The van der Waals surface area contributed by atoms with Gasteiger partial charge in [-0.15, -0.1) is 0 Å². The molecule has 9 nitrogen and oxygen atoms in total. The van der Waals surface area contributed by atoms with Crippen LogP contribution < -0.4 is 19.2 Å². The highest BCUT2D eigenvalue weighted by Crippen LogP contribution is 2.32. The van der Waals surface area contributed by atoms with Crippen molar-refractivity contribution >= 4 is 39.4 Å². The number of hydrogen-bond acceptors (Lipinski definition) is 7. The van der Waals surface area contributed by atoms with Gasteiger partial charge < -0.3 is 14.6 Å². The Morgan fingerprint density at radius 1 is 1.06 bits per heavy atom. The number of anilines is 1. The zero-order chi connectivity index (χ0) is 24.7. The lowest BCUT2D eigenvalue weighted by atomic mass is 10.2. The highest BCUT2D eigenvalue weighted by atomic mass is 35.5. The van der Waals surface area contributed by atoms with Crippen molar-refractivity contribution in [2.45, 2.75) is 4.90 Å². The van der Waals surface area contributed by atoms with Gasteiger partial charge in [-0.05, 0) is 48.5 Å². The molecule has 0 bridgehead atoms. The molecule has 0 spiro atoms. The third-order valence-corrected chi connectivity index (χ3v) is 6.70. The largest absolute Gasteiger partial charge is 0.507 e. The first-order valence-corrected chi connectivity index (χ1v) is 11.7. The molecule has 2 N–H and O–H groups in total. The monoisotopic (exact) mass is 503 g/mol. The Kier molecular flexibility index (Phi) is 7.98. The van der Waals surface area contributed by atoms with E-state index >= 15 is 0 Å². The second kappa shape index (κ2) is 10.9. The van der Waals surface area contributed by atoms with Crippen LogP contribution in [0.15, 0.2) is 76.7 Å². The number of amides is 1. The highest BCUT2D eigenvalue weighted by molar-refractivity contribution is 7.92. The van der Waals surface area contributed by atoms with E-state index in [1.165, 1.54) is 69.0 Å². The lowest BCUT2D eigenvalue weighted by molar-refractivity contribution is -0.119. The molecule has 11 heteroatoms. The molecule has 178 valence electrons. The number of rotatable bonds is 9. The molecule has 0 atom stereocenters. The number of hydrogen-bond donors (Lipinski definition) is 2. The van der Waals surface area contributed by atoms with Crippen LogP contribution in [0.2, 0.25) is 5.02 Å². The summed E-state index contributed by atoms with van der Waals surface area (Å²) in [6.45, 7) is -0.573. The molecule has 0 saturated heterocycles. The number of methoxy groups -OCH3 is 2. The van der Waals surface area contributed by atoms with E-state index in [1.54, 1.807) is 18.2 Å². The van der Waals surface area contributed by atoms with Crippen LogP contribution in [0, 0.1) is 0 Å². The number of carbonyl (C=O) groups excluding carboxylic acids is 1. The second-order valence-electron chi connectivity index (χ2n) is 6.86. The number of phenols is 1. The van der Waals surface area contributed by atoms with E-state index in [9.17, 15) is 18.3 Å². The molecule has 0 heterocycles. The molecule has 0 aliphatic heterocycles. The van der Waals surface area contributed by atoms with Crippen molar-refractivity contribution < 1.29 is 27.8 Å². The van der Waals surface area contributed by atoms with Crippen molar-refractivity contribution in [1.82, 2.24) is 5.43 Å². The third-order valence-electron chi connectivity index (χ3n) is 4.67. The Bertz CT molecular complexity index is 1300. The summed E-state index contributed by atoms with van der Waals surface area (Å²) in [6.07, 6.45) is 1.25. The fourth-order valence-corrected chi connectivity index (χ4v) is 4.53. The summed E-state index contributed by atoms with van der Waals surface area (Å²) >= 11 is 5.95. The Morgan fingerprint density at radius 2 is 1.74 bits per heavy atom. The number of sulfonamides is 1. The number of ether oxygens (including phenoxy) is 2. The zero-order valence-electron chi connectivity index (χ0n) is 18.3. The standard InChI is InChI=1S/C23H22ClN3O6S/c1-32-21-12-11-19(13-22(21)33-2)34(30,31)27(18-9-7-17(24)8-10-18)15-23(29)26-25-14-16-5-3-4-6-20(16)28/h3-14,28H,15H2,1-2H3,(H,26,29).